The Morgan fingerprint density at radius 1 is 1.25 bits per heavy atom. The van der Waals surface area contributed by atoms with Crippen LogP contribution in [0, 0.1) is 5.82 Å². The maximum atomic E-state index is 13.8. The van der Waals surface area contributed by atoms with E-state index >= 15 is 0 Å². The van der Waals surface area contributed by atoms with Crippen molar-refractivity contribution in [1.29, 1.82) is 0 Å². The molecule has 0 saturated carbocycles. The van der Waals surface area contributed by atoms with E-state index in [0.29, 0.717) is 18.2 Å². The molecule has 6 nitrogen and oxygen atoms in total. The average Bonchev–Trinajstić information content (AvgIpc) is 2.54. The normalized spacial score (nSPS) is 16.4. The first kappa shape index (κ1) is 19.0. The number of hydrogen-bond donors (Lipinski definition) is 1. The minimum atomic E-state index is -3.81. The van der Waals surface area contributed by atoms with E-state index in [1.54, 1.807) is 0 Å². The highest BCUT2D eigenvalue weighted by atomic mass is 32.2. The van der Waals surface area contributed by atoms with E-state index in [2.05, 4.69) is 10.2 Å². The van der Waals surface area contributed by atoms with Gasteiger partial charge in [0.2, 0.25) is 10.0 Å². The quantitative estimate of drug-likeness (QED) is 0.761. The van der Waals surface area contributed by atoms with Crippen molar-refractivity contribution in [2.75, 3.05) is 53.4 Å². The molecule has 0 radical (unpaired) electrons. The third-order valence-electron chi connectivity index (χ3n) is 3.82. The van der Waals surface area contributed by atoms with E-state index in [9.17, 15) is 12.8 Å². The molecule has 1 aromatic carbocycles. The predicted molar refractivity (Wildman–Crippen MR) is 95.9 cm³/mol. The lowest BCUT2D eigenvalue weighted by molar-refractivity contribution is 0.262. The number of thiocarbonyl (C=S) groups is 1. The molecule has 1 aromatic rings. The van der Waals surface area contributed by atoms with Crippen molar-refractivity contribution in [3.8, 4) is 0 Å². The summed E-state index contributed by atoms with van der Waals surface area (Å²) in [6.07, 6.45) is 0. The van der Waals surface area contributed by atoms with E-state index in [-0.39, 0.29) is 18.0 Å². The lowest BCUT2D eigenvalue weighted by Gasteiger charge is -2.35. The Kier molecular flexibility index (Phi) is 6.50. The van der Waals surface area contributed by atoms with Crippen molar-refractivity contribution in [2.24, 2.45) is 0 Å². The van der Waals surface area contributed by atoms with E-state index in [1.165, 1.54) is 22.5 Å². The molecule has 24 heavy (non-hydrogen) atoms. The van der Waals surface area contributed by atoms with Crippen molar-refractivity contribution in [1.82, 2.24) is 19.4 Å². The van der Waals surface area contributed by atoms with Crippen molar-refractivity contribution in [2.45, 2.75) is 4.90 Å². The van der Waals surface area contributed by atoms with Gasteiger partial charge in [-0.3, -0.25) is 0 Å². The number of nitrogens with one attached hydrogen (secondary N) is 1. The average molecular weight is 375 g/mol. The van der Waals surface area contributed by atoms with E-state index in [0.717, 1.165) is 19.2 Å². The van der Waals surface area contributed by atoms with E-state index in [1.807, 2.05) is 19.0 Å². The molecule has 0 atom stereocenters. The van der Waals surface area contributed by atoms with Crippen molar-refractivity contribution in [3.63, 3.8) is 0 Å². The molecule has 0 spiro atoms. The predicted octanol–water partition coefficient (Wildman–Crippen LogP) is 0.568. The van der Waals surface area contributed by atoms with Gasteiger partial charge in [0.1, 0.15) is 10.7 Å². The Morgan fingerprint density at radius 3 is 2.46 bits per heavy atom. The first-order valence-electron chi connectivity index (χ1n) is 7.74. The highest BCUT2D eigenvalue weighted by Crippen LogP contribution is 2.20. The zero-order valence-corrected chi connectivity index (χ0v) is 15.5. The summed E-state index contributed by atoms with van der Waals surface area (Å²) in [5.41, 5.74) is 0. The second-order valence-electron chi connectivity index (χ2n) is 5.86. The molecule has 0 amide bonds. The minimum Gasteiger partial charge on any atom is -0.361 e. The number of nitrogens with zero attached hydrogens (tertiary/aromatic N) is 3. The van der Waals surface area contributed by atoms with Gasteiger partial charge in [0.05, 0.1) is 0 Å². The Hall–Kier alpha value is -1.29. The molecule has 1 aliphatic heterocycles. The van der Waals surface area contributed by atoms with Gasteiger partial charge in [0.15, 0.2) is 5.11 Å². The molecule has 1 saturated heterocycles. The second kappa shape index (κ2) is 8.19. The largest absolute Gasteiger partial charge is 0.361 e. The van der Waals surface area contributed by atoms with Crippen LogP contribution in [-0.4, -0.2) is 81.0 Å². The zero-order valence-electron chi connectivity index (χ0n) is 13.9. The highest BCUT2D eigenvalue weighted by Gasteiger charge is 2.30. The number of benzene rings is 1. The summed E-state index contributed by atoms with van der Waals surface area (Å²) < 4.78 is 40.2. The summed E-state index contributed by atoms with van der Waals surface area (Å²) in [5, 5.41) is 3.79. The van der Waals surface area contributed by atoms with Gasteiger partial charge >= 0.3 is 0 Å². The van der Waals surface area contributed by atoms with Crippen molar-refractivity contribution >= 4 is 27.4 Å². The first-order chi connectivity index (χ1) is 11.3. The van der Waals surface area contributed by atoms with Gasteiger partial charge in [-0.25, -0.2) is 12.8 Å². The molecule has 1 fully saturated rings. The topological polar surface area (TPSA) is 55.9 Å². The summed E-state index contributed by atoms with van der Waals surface area (Å²) in [6.45, 7) is 3.14. The smallest absolute Gasteiger partial charge is 0.246 e. The van der Waals surface area contributed by atoms with Gasteiger partial charge in [-0.05, 0) is 38.4 Å². The minimum absolute atomic E-state index is 0.273. The molecule has 2 rings (SSSR count). The fourth-order valence-electron chi connectivity index (χ4n) is 2.42. The number of rotatable bonds is 5. The van der Waals surface area contributed by atoms with Gasteiger partial charge in [-0.2, -0.15) is 4.31 Å². The van der Waals surface area contributed by atoms with E-state index < -0.39 is 15.8 Å². The van der Waals surface area contributed by atoms with Gasteiger partial charge in [0.25, 0.3) is 0 Å². The standard InChI is InChI=1S/C15H23FN4O2S2/c1-18(2)8-7-17-15(23)19-9-11-20(12-10-19)24(21,22)14-6-4-3-5-13(14)16/h3-6H,7-12H2,1-2H3,(H,17,23). The molecule has 0 bridgehead atoms. The van der Waals surface area contributed by atoms with E-state index in [4.69, 9.17) is 12.2 Å². The summed E-state index contributed by atoms with van der Waals surface area (Å²) in [7, 11) is 0.158. The summed E-state index contributed by atoms with van der Waals surface area (Å²) in [5.74, 6) is -0.721. The van der Waals surface area contributed by atoms with Crippen LogP contribution < -0.4 is 5.32 Å². The number of sulfonamides is 1. The molecule has 9 heteroatoms. The van der Waals surface area contributed by atoms with Gasteiger partial charge in [-0.1, -0.05) is 12.1 Å². The van der Waals surface area contributed by atoms with Crippen LogP contribution >= 0.6 is 12.2 Å². The van der Waals surface area contributed by atoms with Crippen LogP contribution in [0.4, 0.5) is 4.39 Å². The number of likely N-dealkylation sites (N-methyl/N-ethyl adjacent to an activating group) is 1. The molecule has 1 N–H and O–H groups in total. The Morgan fingerprint density at radius 2 is 1.88 bits per heavy atom. The van der Waals surface area contributed by atoms with Crippen LogP contribution in [0.25, 0.3) is 0 Å². The fourth-order valence-corrected chi connectivity index (χ4v) is 4.19. The third-order valence-corrected chi connectivity index (χ3v) is 6.15. The fraction of sp³-hybridized carbons (Fsp3) is 0.533. The summed E-state index contributed by atoms with van der Waals surface area (Å²) >= 11 is 5.34. The molecule has 0 unspecified atom stereocenters. The van der Waals surface area contributed by atoms with Crippen LogP contribution in [-0.2, 0) is 10.0 Å². The molecule has 0 aliphatic carbocycles. The van der Waals surface area contributed by atoms with Crippen molar-refractivity contribution < 1.29 is 12.8 Å². The SMILES string of the molecule is CN(C)CCNC(=S)N1CCN(S(=O)(=O)c2ccccc2F)CC1. The Bertz CT molecular complexity index is 674. The lowest BCUT2D eigenvalue weighted by Crippen LogP contribution is -2.53. The second-order valence-corrected chi connectivity index (χ2v) is 8.15. The molecule has 134 valence electrons. The Balaban J connectivity index is 1.93. The monoisotopic (exact) mass is 374 g/mol. The third kappa shape index (κ3) is 4.62. The number of piperazine rings is 1. The van der Waals surface area contributed by atoms with Crippen molar-refractivity contribution in [3.05, 3.63) is 30.1 Å². The van der Waals surface area contributed by atoms with Crippen LogP contribution in [0.15, 0.2) is 29.2 Å². The molecule has 1 aliphatic rings. The summed E-state index contributed by atoms with van der Waals surface area (Å²) in [4.78, 5) is 3.72. The zero-order chi connectivity index (χ0) is 17.7. The van der Waals surface area contributed by atoms with Crippen LogP contribution in [0.1, 0.15) is 0 Å². The maximum Gasteiger partial charge on any atom is 0.246 e. The first-order valence-corrected chi connectivity index (χ1v) is 9.59. The molecule has 0 aromatic heterocycles. The van der Waals surface area contributed by atoms with Gasteiger partial charge in [-0.15, -0.1) is 0 Å². The number of halogens is 1. The number of hydrogen-bond acceptors (Lipinski definition) is 4. The van der Waals surface area contributed by atoms with Crippen LogP contribution in [0.5, 0.6) is 0 Å². The highest BCUT2D eigenvalue weighted by molar-refractivity contribution is 7.89. The van der Waals surface area contributed by atoms with Crippen LogP contribution in [0.3, 0.4) is 0 Å². The molecular formula is C15H23FN4O2S2. The van der Waals surface area contributed by atoms with Crippen LogP contribution in [0.2, 0.25) is 0 Å². The summed E-state index contributed by atoms with van der Waals surface area (Å²) in [6, 6.07) is 5.46. The lowest BCUT2D eigenvalue weighted by atomic mass is 10.3. The molecule has 1 heterocycles. The Labute approximate surface area is 148 Å². The molecular weight excluding hydrogens is 351 g/mol. The van der Waals surface area contributed by atoms with Gasteiger partial charge in [0, 0.05) is 39.3 Å². The van der Waals surface area contributed by atoms with Gasteiger partial charge < -0.3 is 15.1 Å². The maximum absolute atomic E-state index is 13.8.